The molecule has 1 unspecified atom stereocenters. The Kier molecular flexibility index (Phi) is 5.45. The SMILES string of the molecule is CCS(=O)(=O)N1Cc2ccccc2CC1C(=O)Nc1ccc(I)cc1. The van der Waals surface area contributed by atoms with Gasteiger partial charge in [-0.25, -0.2) is 8.42 Å². The zero-order valence-electron chi connectivity index (χ0n) is 13.8. The molecule has 132 valence electrons. The van der Waals surface area contributed by atoms with Crippen LogP contribution in [0.25, 0.3) is 0 Å². The highest BCUT2D eigenvalue weighted by Gasteiger charge is 2.37. The summed E-state index contributed by atoms with van der Waals surface area (Å²) in [5.74, 6) is -0.324. The van der Waals surface area contributed by atoms with Crippen LogP contribution in [0.15, 0.2) is 48.5 Å². The van der Waals surface area contributed by atoms with Crippen LogP contribution in [0, 0.1) is 3.57 Å². The molecule has 1 amide bonds. The van der Waals surface area contributed by atoms with E-state index in [0.717, 1.165) is 14.7 Å². The molecule has 2 aromatic carbocycles. The van der Waals surface area contributed by atoms with Crippen molar-refractivity contribution in [2.45, 2.75) is 25.9 Å². The average Bonchev–Trinajstić information content (AvgIpc) is 2.62. The summed E-state index contributed by atoms with van der Waals surface area (Å²) in [4.78, 5) is 12.8. The molecule has 5 nitrogen and oxygen atoms in total. The van der Waals surface area contributed by atoms with Gasteiger partial charge < -0.3 is 5.32 Å². The molecule has 0 spiro atoms. The van der Waals surface area contributed by atoms with Gasteiger partial charge in [0.1, 0.15) is 6.04 Å². The van der Waals surface area contributed by atoms with Crippen molar-refractivity contribution in [3.8, 4) is 0 Å². The van der Waals surface area contributed by atoms with E-state index < -0.39 is 16.1 Å². The van der Waals surface area contributed by atoms with E-state index in [4.69, 9.17) is 0 Å². The predicted molar refractivity (Wildman–Crippen MR) is 107 cm³/mol. The fraction of sp³-hybridized carbons (Fsp3) is 0.278. The minimum absolute atomic E-state index is 0.0253. The molecule has 1 aliphatic rings. The number of amides is 1. The van der Waals surface area contributed by atoms with Gasteiger partial charge in [0, 0.05) is 15.8 Å². The molecule has 0 fully saturated rings. The number of nitrogens with one attached hydrogen (secondary N) is 1. The summed E-state index contributed by atoms with van der Waals surface area (Å²) in [6.45, 7) is 1.83. The van der Waals surface area contributed by atoms with Crippen LogP contribution in [0.4, 0.5) is 5.69 Å². The van der Waals surface area contributed by atoms with E-state index in [1.807, 2.05) is 48.5 Å². The first-order chi connectivity index (χ1) is 11.9. The number of fused-ring (bicyclic) bond motifs is 1. The van der Waals surface area contributed by atoms with E-state index in [1.54, 1.807) is 6.92 Å². The van der Waals surface area contributed by atoms with Gasteiger partial charge in [0.25, 0.3) is 0 Å². The lowest BCUT2D eigenvalue weighted by Crippen LogP contribution is -2.51. The fourth-order valence-electron chi connectivity index (χ4n) is 2.94. The molecule has 0 saturated carbocycles. The Morgan fingerprint density at radius 1 is 1.16 bits per heavy atom. The average molecular weight is 470 g/mol. The maximum absolute atomic E-state index is 12.8. The van der Waals surface area contributed by atoms with Crippen molar-refractivity contribution in [1.82, 2.24) is 4.31 Å². The molecule has 0 bridgehead atoms. The number of hydrogen-bond acceptors (Lipinski definition) is 3. The third-order valence-corrected chi connectivity index (χ3v) is 6.89. The number of nitrogens with zero attached hydrogens (tertiary/aromatic N) is 1. The summed E-state index contributed by atoms with van der Waals surface area (Å²) in [6.07, 6.45) is 0.381. The molecule has 1 aliphatic heterocycles. The van der Waals surface area contributed by atoms with Gasteiger partial charge in [-0.3, -0.25) is 4.79 Å². The number of anilines is 1. The summed E-state index contributed by atoms with van der Waals surface area (Å²) in [5, 5.41) is 2.85. The maximum atomic E-state index is 12.8. The van der Waals surface area contributed by atoms with Crippen LogP contribution in [-0.4, -0.2) is 30.4 Å². The molecule has 0 aromatic heterocycles. The fourth-order valence-corrected chi connectivity index (χ4v) is 4.52. The lowest BCUT2D eigenvalue weighted by Gasteiger charge is -2.34. The maximum Gasteiger partial charge on any atom is 0.243 e. The predicted octanol–water partition coefficient (Wildman–Crippen LogP) is 3.01. The van der Waals surface area contributed by atoms with Crippen LogP contribution in [0.2, 0.25) is 0 Å². The second kappa shape index (κ2) is 7.43. The molecule has 2 aromatic rings. The van der Waals surface area contributed by atoms with E-state index in [0.29, 0.717) is 12.1 Å². The highest BCUT2D eigenvalue weighted by atomic mass is 127. The van der Waals surface area contributed by atoms with Crippen molar-refractivity contribution >= 4 is 44.2 Å². The van der Waals surface area contributed by atoms with Crippen LogP contribution in [0.1, 0.15) is 18.1 Å². The minimum atomic E-state index is -3.49. The molecule has 1 atom stereocenters. The first kappa shape index (κ1) is 18.3. The van der Waals surface area contributed by atoms with Crippen LogP contribution in [0.5, 0.6) is 0 Å². The normalized spacial score (nSPS) is 17.8. The third-order valence-electron chi connectivity index (χ3n) is 4.34. The van der Waals surface area contributed by atoms with Crippen LogP contribution in [-0.2, 0) is 27.8 Å². The van der Waals surface area contributed by atoms with Gasteiger partial charge in [-0.05, 0) is 71.3 Å². The highest BCUT2D eigenvalue weighted by Crippen LogP contribution is 2.27. The highest BCUT2D eigenvalue weighted by molar-refractivity contribution is 14.1. The number of hydrogen-bond donors (Lipinski definition) is 1. The number of sulfonamides is 1. The van der Waals surface area contributed by atoms with E-state index in [2.05, 4.69) is 27.9 Å². The first-order valence-electron chi connectivity index (χ1n) is 8.03. The van der Waals surface area contributed by atoms with Gasteiger partial charge in [-0.15, -0.1) is 0 Å². The number of rotatable bonds is 4. The first-order valence-corrected chi connectivity index (χ1v) is 10.7. The molecule has 3 rings (SSSR count). The van der Waals surface area contributed by atoms with Gasteiger partial charge in [-0.2, -0.15) is 4.31 Å². The lowest BCUT2D eigenvalue weighted by molar-refractivity contribution is -0.120. The lowest BCUT2D eigenvalue weighted by atomic mass is 9.95. The summed E-state index contributed by atoms with van der Waals surface area (Å²) in [7, 11) is -3.49. The van der Waals surface area contributed by atoms with Gasteiger partial charge in [0.15, 0.2) is 0 Å². The van der Waals surface area contributed by atoms with Crippen LogP contribution < -0.4 is 5.32 Å². The van der Waals surface area contributed by atoms with Crippen LogP contribution >= 0.6 is 22.6 Å². The Hall–Kier alpha value is -1.45. The Labute approximate surface area is 161 Å². The quantitative estimate of drug-likeness (QED) is 0.699. The Morgan fingerprint density at radius 3 is 2.44 bits per heavy atom. The second-order valence-electron chi connectivity index (χ2n) is 5.93. The molecule has 7 heteroatoms. The molecule has 0 saturated heterocycles. The molecular weight excluding hydrogens is 451 g/mol. The van der Waals surface area contributed by atoms with Crippen molar-refractivity contribution < 1.29 is 13.2 Å². The molecular formula is C18H19IN2O3S. The number of carbonyl (C=O) groups excluding carboxylic acids is 1. The van der Waals surface area contributed by atoms with Gasteiger partial charge in [0.2, 0.25) is 15.9 Å². The zero-order valence-corrected chi connectivity index (χ0v) is 16.7. The molecule has 0 radical (unpaired) electrons. The van der Waals surface area contributed by atoms with Gasteiger partial charge >= 0.3 is 0 Å². The minimum Gasteiger partial charge on any atom is -0.325 e. The van der Waals surface area contributed by atoms with Gasteiger partial charge in [0.05, 0.1) is 5.75 Å². The molecule has 1 heterocycles. The number of benzene rings is 2. The van der Waals surface area contributed by atoms with Gasteiger partial charge in [-0.1, -0.05) is 24.3 Å². The van der Waals surface area contributed by atoms with Crippen molar-refractivity contribution in [2.75, 3.05) is 11.1 Å². The van der Waals surface area contributed by atoms with E-state index in [9.17, 15) is 13.2 Å². The third kappa shape index (κ3) is 4.04. The smallest absolute Gasteiger partial charge is 0.243 e. The number of carbonyl (C=O) groups is 1. The Balaban J connectivity index is 1.90. The summed E-state index contributed by atoms with van der Waals surface area (Å²) >= 11 is 2.19. The summed E-state index contributed by atoms with van der Waals surface area (Å²) < 4.78 is 27.4. The zero-order chi connectivity index (χ0) is 18.0. The monoisotopic (exact) mass is 470 g/mol. The van der Waals surface area contributed by atoms with Crippen LogP contribution in [0.3, 0.4) is 0 Å². The molecule has 1 N–H and O–H groups in total. The summed E-state index contributed by atoms with van der Waals surface area (Å²) in [5.41, 5.74) is 2.64. The largest absolute Gasteiger partial charge is 0.325 e. The second-order valence-corrected chi connectivity index (χ2v) is 9.39. The number of halogens is 1. The van der Waals surface area contributed by atoms with E-state index in [-0.39, 0.29) is 18.2 Å². The Morgan fingerprint density at radius 2 is 1.80 bits per heavy atom. The standard InChI is InChI=1S/C18H19IN2O3S/c1-2-25(23,24)21-12-14-6-4-3-5-13(14)11-17(21)18(22)20-16-9-7-15(19)8-10-16/h3-10,17H,2,11-12H2,1H3,(H,20,22). The van der Waals surface area contributed by atoms with Crippen molar-refractivity contribution in [3.63, 3.8) is 0 Å². The van der Waals surface area contributed by atoms with Crippen molar-refractivity contribution in [1.29, 1.82) is 0 Å². The van der Waals surface area contributed by atoms with Crippen molar-refractivity contribution in [3.05, 3.63) is 63.2 Å². The molecule has 0 aliphatic carbocycles. The molecule has 25 heavy (non-hydrogen) atoms. The van der Waals surface area contributed by atoms with Crippen molar-refractivity contribution in [2.24, 2.45) is 0 Å². The van der Waals surface area contributed by atoms with E-state index >= 15 is 0 Å². The topological polar surface area (TPSA) is 66.5 Å². The Bertz CT molecular complexity index is 881. The van der Waals surface area contributed by atoms with E-state index in [1.165, 1.54) is 4.31 Å². The summed E-state index contributed by atoms with van der Waals surface area (Å²) in [6, 6.07) is 14.4.